The van der Waals surface area contributed by atoms with Crippen molar-refractivity contribution in [2.24, 2.45) is 0 Å². The summed E-state index contributed by atoms with van der Waals surface area (Å²) in [4.78, 5) is 0. The van der Waals surface area contributed by atoms with Gasteiger partial charge in [0.2, 0.25) is 0 Å². The van der Waals surface area contributed by atoms with E-state index in [2.05, 4.69) is 10.1 Å². The molecule has 0 saturated carbocycles. The van der Waals surface area contributed by atoms with Gasteiger partial charge >= 0.3 is 6.36 Å². The van der Waals surface area contributed by atoms with E-state index in [1.54, 1.807) is 12.1 Å². The molecule has 2 rings (SSSR count). The van der Waals surface area contributed by atoms with Crippen LogP contribution in [0, 0.1) is 0 Å². The van der Waals surface area contributed by atoms with Crippen LogP contribution in [0.3, 0.4) is 0 Å². The van der Waals surface area contributed by atoms with Crippen LogP contribution in [-0.4, -0.2) is 13.4 Å². The molecule has 0 aliphatic heterocycles. The Labute approximate surface area is 121 Å². The highest BCUT2D eigenvalue weighted by atomic mass is 19.4. The number of nitrogens with one attached hydrogen (secondary N) is 1. The van der Waals surface area contributed by atoms with Gasteiger partial charge in [-0.3, -0.25) is 0 Å². The second-order valence-corrected chi connectivity index (χ2v) is 4.65. The molecular formula is C16H16F3NO. The summed E-state index contributed by atoms with van der Waals surface area (Å²) in [5, 5.41) is 3.17. The lowest BCUT2D eigenvalue weighted by Crippen LogP contribution is -2.19. The molecule has 2 nitrogen and oxygen atoms in total. The predicted molar refractivity (Wildman–Crippen MR) is 75.1 cm³/mol. The van der Waals surface area contributed by atoms with Gasteiger partial charge in [-0.2, -0.15) is 0 Å². The van der Waals surface area contributed by atoms with Gasteiger partial charge in [0.15, 0.2) is 0 Å². The zero-order valence-corrected chi connectivity index (χ0v) is 11.5. The third-order valence-electron chi connectivity index (χ3n) is 3.15. The van der Waals surface area contributed by atoms with Crippen LogP contribution in [0.5, 0.6) is 5.75 Å². The molecular weight excluding hydrogens is 279 g/mol. The second-order valence-electron chi connectivity index (χ2n) is 4.65. The molecule has 0 radical (unpaired) electrons. The van der Waals surface area contributed by atoms with Crippen molar-refractivity contribution in [2.75, 3.05) is 7.05 Å². The highest BCUT2D eigenvalue weighted by molar-refractivity contribution is 5.30. The Balaban J connectivity index is 2.08. The number of alkyl halides is 3. The first kappa shape index (κ1) is 15.4. The Morgan fingerprint density at radius 3 is 2.14 bits per heavy atom. The molecule has 0 spiro atoms. The number of ether oxygens (including phenoxy) is 1. The van der Waals surface area contributed by atoms with E-state index >= 15 is 0 Å². The van der Waals surface area contributed by atoms with E-state index in [0.717, 1.165) is 17.5 Å². The first-order valence-electron chi connectivity index (χ1n) is 6.55. The van der Waals surface area contributed by atoms with Gasteiger partial charge in [0, 0.05) is 6.04 Å². The number of hydrogen-bond acceptors (Lipinski definition) is 2. The van der Waals surface area contributed by atoms with Crippen molar-refractivity contribution in [3.05, 3.63) is 65.7 Å². The van der Waals surface area contributed by atoms with Crippen molar-refractivity contribution < 1.29 is 17.9 Å². The number of halogens is 3. The monoisotopic (exact) mass is 295 g/mol. The molecule has 21 heavy (non-hydrogen) atoms. The summed E-state index contributed by atoms with van der Waals surface area (Å²) < 4.78 is 40.2. The highest BCUT2D eigenvalue weighted by Gasteiger charge is 2.31. The summed E-state index contributed by atoms with van der Waals surface area (Å²) in [6.45, 7) is 0. The molecule has 0 aliphatic rings. The van der Waals surface area contributed by atoms with Crippen molar-refractivity contribution in [3.63, 3.8) is 0 Å². The SMILES string of the molecule is CNC(Cc1ccccc1)c1ccc(OC(F)(F)F)cc1. The van der Waals surface area contributed by atoms with Crippen LogP contribution in [-0.2, 0) is 6.42 Å². The zero-order valence-electron chi connectivity index (χ0n) is 11.5. The van der Waals surface area contributed by atoms with Gasteiger partial charge in [0.25, 0.3) is 0 Å². The van der Waals surface area contributed by atoms with Crippen LogP contribution in [0.15, 0.2) is 54.6 Å². The van der Waals surface area contributed by atoms with E-state index in [0.29, 0.717) is 0 Å². The smallest absolute Gasteiger partial charge is 0.406 e. The van der Waals surface area contributed by atoms with Crippen molar-refractivity contribution in [3.8, 4) is 5.75 Å². The molecule has 0 amide bonds. The van der Waals surface area contributed by atoms with Crippen LogP contribution >= 0.6 is 0 Å². The topological polar surface area (TPSA) is 21.3 Å². The minimum absolute atomic E-state index is 0.0346. The molecule has 5 heteroatoms. The van der Waals surface area contributed by atoms with Crippen LogP contribution in [0.4, 0.5) is 13.2 Å². The van der Waals surface area contributed by atoms with Gasteiger partial charge in [0.05, 0.1) is 0 Å². The summed E-state index contributed by atoms with van der Waals surface area (Å²) in [5.41, 5.74) is 2.07. The highest BCUT2D eigenvalue weighted by Crippen LogP contribution is 2.25. The standard InChI is InChI=1S/C16H16F3NO/c1-20-15(11-12-5-3-2-4-6-12)13-7-9-14(10-8-13)21-16(17,18)19/h2-10,15,20H,11H2,1H3. The number of benzene rings is 2. The molecule has 112 valence electrons. The van der Waals surface area contributed by atoms with Crippen molar-refractivity contribution in [1.82, 2.24) is 5.32 Å². The van der Waals surface area contributed by atoms with Gasteiger partial charge < -0.3 is 10.1 Å². The van der Waals surface area contributed by atoms with E-state index in [1.165, 1.54) is 12.1 Å². The maximum Gasteiger partial charge on any atom is 0.573 e. The largest absolute Gasteiger partial charge is 0.573 e. The van der Waals surface area contributed by atoms with Crippen LogP contribution in [0.2, 0.25) is 0 Å². The minimum Gasteiger partial charge on any atom is -0.406 e. The zero-order chi connectivity index (χ0) is 15.3. The van der Waals surface area contributed by atoms with E-state index < -0.39 is 6.36 Å². The lowest BCUT2D eigenvalue weighted by atomic mass is 9.99. The van der Waals surface area contributed by atoms with Crippen molar-refractivity contribution in [1.29, 1.82) is 0 Å². The lowest BCUT2D eigenvalue weighted by Gasteiger charge is -2.17. The normalized spacial score (nSPS) is 13.0. The van der Waals surface area contributed by atoms with E-state index in [4.69, 9.17) is 0 Å². The Hall–Kier alpha value is -2.01. The van der Waals surface area contributed by atoms with Crippen LogP contribution < -0.4 is 10.1 Å². The van der Waals surface area contributed by atoms with E-state index in [9.17, 15) is 13.2 Å². The maximum absolute atomic E-state index is 12.1. The fourth-order valence-corrected chi connectivity index (χ4v) is 2.14. The predicted octanol–water partition coefficient (Wildman–Crippen LogP) is 4.09. The van der Waals surface area contributed by atoms with Gasteiger partial charge in [0.1, 0.15) is 5.75 Å². The fraction of sp³-hybridized carbons (Fsp3) is 0.250. The van der Waals surface area contributed by atoms with Crippen molar-refractivity contribution in [2.45, 2.75) is 18.8 Å². The molecule has 0 bridgehead atoms. The summed E-state index contributed by atoms with van der Waals surface area (Å²) in [5.74, 6) is -0.208. The molecule has 1 atom stereocenters. The second kappa shape index (κ2) is 6.63. The number of hydrogen-bond donors (Lipinski definition) is 1. The molecule has 0 aromatic heterocycles. The van der Waals surface area contributed by atoms with Gasteiger partial charge in [-0.15, -0.1) is 13.2 Å². The Kier molecular flexibility index (Phi) is 4.85. The molecule has 0 heterocycles. The fourth-order valence-electron chi connectivity index (χ4n) is 2.14. The number of rotatable bonds is 5. The molecule has 0 aliphatic carbocycles. The Bertz CT molecular complexity index is 552. The molecule has 0 fully saturated rings. The first-order chi connectivity index (χ1) is 9.98. The molecule has 0 saturated heterocycles. The molecule has 1 N–H and O–H groups in total. The molecule has 2 aromatic carbocycles. The quantitative estimate of drug-likeness (QED) is 0.897. The average Bonchev–Trinajstić information content (AvgIpc) is 2.45. The third-order valence-corrected chi connectivity index (χ3v) is 3.15. The lowest BCUT2D eigenvalue weighted by molar-refractivity contribution is -0.274. The summed E-state index contributed by atoms with van der Waals surface area (Å²) in [6.07, 6.45) is -3.90. The molecule has 1 unspecified atom stereocenters. The summed E-state index contributed by atoms with van der Waals surface area (Å²) in [7, 11) is 1.83. The van der Waals surface area contributed by atoms with Gasteiger partial charge in [-0.25, -0.2) is 0 Å². The minimum atomic E-state index is -4.66. The van der Waals surface area contributed by atoms with E-state index in [-0.39, 0.29) is 11.8 Å². The van der Waals surface area contributed by atoms with Gasteiger partial charge in [-0.05, 0) is 36.7 Å². The Morgan fingerprint density at radius 1 is 1.00 bits per heavy atom. The van der Waals surface area contributed by atoms with Gasteiger partial charge in [-0.1, -0.05) is 42.5 Å². The van der Waals surface area contributed by atoms with Crippen LogP contribution in [0.1, 0.15) is 17.2 Å². The maximum atomic E-state index is 12.1. The van der Waals surface area contributed by atoms with Crippen LogP contribution in [0.25, 0.3) is 0 Å². The third kappa shape index (κ3) is 4.79. The number of likely N-dealkylation sites (N-methyl/N-ethyl adjacent to an activating group) is 1. The van der Waals surface area contributed by atoms with Crippen molar-refractivity contribution >= 4 is 0 Å². The Morgan fingerprint density at radius 2 is 1.62 bits per heavy atom. The summed E-state index contributed by atoms with van der Waals surface area (Å²) >= 11 is 0. The summed E-state index contributed by atoms with van der Waals surface area (Å²) in [6, 6.07) is 15.9. The van der Waals surface area contributed by atoms with E-state index in [1.807, 2.05) is 37.4 Å². The first-order valence-corrected chi connectivity index (χ1v) is 6.55. The molecule has 2 aromatic rings. The average molecular weight is 295 g/mol.